The Morgan fingerprint density at radius 2 is 1.35 bits per heavy atom. The molecule has 0 saturated heterocycles. The number of benzene rings is 3. The molecule has 5 rings (SSSR count). The zero-order chi connectivity index (χ0) is 34.9. The van der Waals surface area contributed by atoms with E-state index in [1.54, 1.807) is 0 Å². The second-order valence-electron chi connectivity index (χ2n) is 15.9. The van der Waals surface area contributed by atoms with Gasteiger partial charge in [0.05, 0.1) is 11.3 Å². The Balaban J connectivity index is 0.000000334. The van der Waals surface area contributed by atoms with Gasteiger partial charge in [0.1, 0.15) is 0 Å². The first-order valence-corrected chi connectivity index (χ1v) is 17.9. The van der Waals surface area contributed by atoms with E-state index in [-0.39, 0.29) is 59.7 Å². The Morgan fingerprint density at radius 1 is 0.833 bits per heavy atom. The van der Waals surface area contributed by atoms with Gasteiger partial charge in [0.25, 0.3) is 0 Å². The van der Waals surface area contributed by atoms with Crippen LogP contribution in [-0.2, 0) is 42.2 Å². The van der Waals surface area contributed by atoms with Crippen LogP contribution in [0.2, 0.25) is 0 Å². The first-order chi connectivity index (χ1) is 22.0. The second kappa shape index (κ2) is 15.4. The molecule has 4 aromatic rings. The molecule has 1 aliphatic rings. The molecule has 3 aromatic carbocycles. The molecule has 0 amide bonds. The van der Waals surface area contributed by atoms with Gasteiger partial charge in [-0.1, -0.05) is 129 Å². The van der Waals surface area contributed by atoms with Crippen molar-refractivity contribution in [2.45, 2.75) is 126 Å². The fourth-order valence-electron chi connectivity index (χ4n) is 7.65. The molecule has 0 unspecified atom stereocenters. The summed E-state index contributed by atoms with van der Waals surface area (Å²) in [6, 6.07) is 21.2. The van der Waals surface area contributed by atoms with Crippen molar-refractivity contribution in [2.75, 3.05) is 0 Å². The van der Waals surface area contributed by atoms with Crippen LogP contribution in [-0.4, -0.2) is 15.9 Å². The number of carbonyl (C=O) groups excluding carboxylic acids is 1. The number of para-hydroxylation sites is 1. The molecule has 1 aliphatic carbocycles. The number of aromatic nitrogens is 1. The monoisotopic (exact) mass is 825 g/mol. The van der Waals surface area contributed by atoms with Crippen LogP contribution in [0.25, 0.3) is 32.9 Å². The van der Waals surface area contributed by atoms with E-state index in [1.165, 1.54) is 50.1 Å². The molecule has 3 nitrogen and oxygen atoms in total. The molecule has 0 aliphatic heterocycles. The fourth-order valence-corrected chi connectivity index (χ4v) is 7.65. The normalized spacial score (nSPS) is 15.1. The number of allylic oxidation sites excluding steroid dienone is 2. The van der Waals surface area contributed by atoms with Crippen LogP contribution in [0, 0.1) is 30.2 Å². The average molecular weight is 825 g/mol. The molecule has 0 fully saturated rings. The number of carbonyl (C=O) groups is 1. The average Bonchev–Trinajstić information content (AvgIpc) is 3.00. The molecule has 4 heteroatoms. The number of aliphatic hydroxyl groups is 1. The molecule has 0 spiro atoms. The Morgan fingerprint density at radius 3 is 1.92 bits per heavy atom. The van der Waals surface area contributed by atoms with Gasteiger partial charge in [0.2, 0.25) is 0 Å². The Hall–Kier alpha value is -2.81. The maximum Gasteiger partial charge on any atom is 0.162 e. The third-order valence-electron chi connectivity index (χ3n) is 11.1. The molecule has 0 atom stereocenters. The van der Waals surface area contributed by atoms with Crippen LogP contribution in [0.5, 0.6) is 0 Å². The van der Waals surface area contributed by atoms with Crippen molar-refractivity contribution in [1.82, 2.24) is 4.98 Å². The van der Waals surface area contributed by atoms with E-state index < -0.39 is 0 Å². The molecular formula is C44H58IrNO2-. The Kier molecular flexibility index (Phi) is 12.7. The van der Waals surface area contributed by atoms with Crippen molar-refractivity contribution >= 4 is 27.5 Å². The summed E-state index contributed by atoms with van der Waals surface area (Å²) in [6.45, 7) is 27.1. The number of ketones is 1. The summed E-state index contributed by atoms with van der Waals surface area (Å²) in [7, 11) is 0. The van der Waals surface area contributed by atoms with Crippen LogP contribution in [0.4, 0.5) is 0 Å². The molecule has 1 aromatic heterocycles. The minimum Gasteiger partial charge on any atom is -0.512 e. The zero-order valence-corrected chi connectivity index (χ0v) is 33.9. The van der Waals surface area contributed by atoms with E-state index in [0.717, 1.165) is 43.3 Å². The van der Waals surface area contributed by atoms with Crippen LogP contribution < -0.4 is 0 Å². The first-order valence-electron chi connectivity index (χ1n) is 17.9. The molecular weight excluding hydrogens is 767 g/mol. The number of fused-ring (bicyclic) bond motifs is 5. The summed E-state index contributed by atoms with van der Waals surface area (Å²) in [5.41, 5.74) is 9.09. The van der Waals surface area contributed by atoms with Crippen LogP contribution in [0.15, 0.2) is 60.4 Å². The van der Waals surface area contributed by atoms with Gasteiger partial charge >= 0.3 is 0 Å². The summed E-state index contributed by atoms with van der Waals surface area (Å²) in [5, 5.41) is 13.6. The molecule has 1 radical (unpaired) electrons. The Bertz CT molecular complexity index is 1780. The summed E-state index contributed by atoms with van der Waals surface area (Å²) in [5.74, 6) is 0.547. The van der Waals surface area contributed by atoms with Crippen LogP contribution in [0.1, 0.15) is 124 Å². The van der Waals surface area contributed by atoms with Crippen molar-refractivity contribution < 1.29 is 30.0 Å². The number of nitrogens with zero attached hydrogens (tertiary/aromatic N) is 1. The summed E-state index contributed by atoms with van der Waals surface area (Å²) < 4.78 is 0. The van der Waals surface area contributed by atoms with E-state index in [2.05, 4.69) is 110 Å². The second-order valence-corrected chi connectivity index (χ2v) is 15.9. The third-order valence-corrected chi connectivity index (χ3v) is 11.1. The first kappa shape index (κ1) is 39.6. The van der Waals surface area contributed by atoms with Gasteiger partial charge in [-0.25, -0.2) is 0 Å². The van der Waals surface area contributed by atoms with Gasteiger partial charge in [-0.2, -0.15) is 0 Å². The van der Waals surface area contributed by atoms with Gasteiger partial charge in [-0.05, 0) is 72.5 Å². The van der Waals surface area contributed by atoms with Crippen molar-refractivity contribution in [3.8, 4) is 11.3 Å². The van der Waals surface area contributed by atoms with E-state index in [4.69, 9.17) is 4.98 Å². The SMILES string of the molecule is CCC(CC)C(=O)/C=C(\O)C(CC)CC.Cc1c2c(nc3ccccc13)-c1[c-]c3ccccc3c(CC(C)(C)C)c1C(C)(C)C2(C)C.[Ir]. The van der Waals surface area contributed by atoms with Crippen molar-refractivity contribution in [3.05, 3.63) is 88.7 Å². The molecule has 261 valence electrons. The largest absolute Gasteiger partial charge is 0.512 e. The molecule has 1 heterocycles. The quantitative estimate of drug-likeness (QED) is 0.109. The van der Waals surface area contributed by atoms with Gasteiger partial charge in [0.15, 0.2) is 5.78 Å². The molecule has 0 saturated carbocycles. The van der Waals surface area contributed by atoms with Crippen LogP contribution >= 0.6 is 0 Å². The maximum atomic E-state index is 11.7. The number of hydrogen-bond acceptors (Lipinski definition) is 3. The smallest absolute Gasteiger partial charge is 0.162 e. The van der Waals surface area contributed by atoms with Gasteiger partial charge in [0, 0.05) is 49.1 Å². The fraction of sp³-hybridized carbons (Fsp3) is 0.500. The molecule has 1 N–H and O–H groups in total. The summed E-state index contributed by atoms with van der Waals surface area (Å²) in [4.78, 5) is 17.0. The van der Waals surface area contributed by atoms with Crippen molar-refractivity contribution in [2.24, 2.45) is 17.3 Å². The summed E-state index contributed by atoms with van der Waals surface area (Å²) in [6.07, 6.45) is 5.94. The van der Waals surface area contributed by atoms with Gasteiger partial charge in [-0.3, -0.25) is 9.78 Å². The minimum absolute atomic E-state index is 0. The standard InChI is InChI=1S/C31H34N.C13H24O2.Ir/c1-19-21-14-11-12-16-25(21)32-28-23-17-20-13-9-10-15-22(20)24(18-29(2,3)4)27(23)31(7,8)30(5,6)26(19)28;1-5-10(6-2)12(14)9-13(15)11(7-3)8-4;/h9-16H,18H2,1-8H3;9-11,14H,5-8H2,1-4H3;/q-1;;/b;12-9-;. The zero-order valence-electron chi connectivity index (χ0n) is 31.5. The topological polar surface area (TPSA) is 50.2 Å². The Labute approximate surface area is 304 Å². The molecule has 0 bridgehead atoms. The van der Waals surface area contributed by atoms with E-state index in [1.807, 2.05) is 27.7 Å². The van der Waals surface area contributed by atoms with Crippen LogP contribution in [0.3, 0.4) is 0 Å². The van der Waals surface area contributed by atoms with E-state index in [9.17, 15) is 9.90 Å². The number of hydrogen-bond donors (Lipinski definition) is 1. The molecule has 48 heavy (non-hydrogen) atoms. The van der Waals surface area contributed by atoms with Gasteiger partial charge < -0.3 is 5.11 Å². The predicted molar refractivity (Wildman–Crippen MR) is 201 cm³/mol. The number of aryl methyl sites for hydroxylation is 1. The van der Waals surface area contributed by atoms with Crippen molar-refractivity contribution in [1.29, 1.82) is 0 Å². The van der Waals surface area contributed by atoms with E-state index >= 15 is 0 Å². The number of rotatable bonds is 8. The number of aliphatic hydroxyl groups excluding tert-OH is 1. The minimum atomic E-state index is -0.0701. The predicted octanol–water partition coefficient (Wildman–Crippen LogP) is 12.2. The van der Waals surface area contributed by atoms with Gasteiger partial charge in [-0.15, -0.1) is 23.1 Å². The maximum absolute atomic E-state index is 11.7. The van der Waals surface area contributed by atoms with E-state index in [0.29, 0.717) is 0 Å². The van der Waals surface area contributed by atoms with Crippen molar-refractivity contribution in [3.63, 3.8) is 0 Å². The number of pyridine rings is 1. The third kappa shape index (κ3) is 7.51. The summed E-state index contributed by atoms with van der Waals surface area (Å²) >= 11 is 0.